The lowest BCUT2D eigenvalue weighted by atomic mass is 10.1. The molecule has 1 amide bonds. The molecule has 0 saturated heterocycles. The zero-order valence-corrected chi connectivity index (χ0v) is 20.9. The number of amides is 1. The van der Waals surface area contributed by atoms with Crippen LogP contribution in [0.1, 0.15) is 21.7 Å². The standard InChI is InChI=1S/C24H21BrN6O3S/c1-14-11-21(31(30-14)17-6-4-5-15(12-17)23(26)27)24(32)29-16-9-10-18(20(25)13-16)19-7-2-3-8-22(19)35(28,33)34/h2-13H,1H3,(H3,26,27)(H,29,32)(H2,28,33,34). The average Bonchev–Trinajstić information content (AvgIpc) is 3.20. The summed E-state index contributed by atoms with van der Waals surface area (Å²) in [5.74, 6) is -0.487. The van der Waals surface area contributed by atoms with E-state index in [-0.39, 0.29) is 10.7 Å². The van der Waals surface area contributed by atoms with Crippen LogP contribution in [0.2, 0.25) is 0 Å². The number of carbonyl (C=O) groups is 1. The number of benzene rings is 3. The number of rotatable bonds is 6. The summed E-state index contributed by atoms with van der Waals surface area (Å²) in [5, 5.41) is 20.3. The summed E-state index contributed by atoms with van der Waals surface area (Å²) in [6, 6.07) is 20.0. The predicted octanol–water partition coefficient (Wildman–Crippen LogP) is 3.79. The fourth-order valence-corrected chi connectivity index (χ4v) is 4.95. The maximum absolute atomic E-state index is 13.1. The maximum Gasteiger partial charge on any atom is 0.274 e. The van der Waals surface area contributed by atoms with Crippen molar-refractivity contribution < 1.29 is 13.2 Å². The Labute approximate surface area is 210 Å². The van der Waals surface area contributed by atoms with E-state index in [4.69, 9.17) is 16.3 Å². The molecular formula is C24H21BrN6O3S. The highest BCUT2D eigenvalue weighted by Crippen LogP contribution is 2.34. The molecule has 11 heteroatoms. The number of hydrogen-bond donors (Lipinski definition) is 4. The summed E-state index contributed by atoms with van der Waals surface area (Å²) >= 11 is 3.47. The van der Waals surface area contributed by atoms with Crippen LogP contribution in [0.25, 0.3) is 16.8 Å². The van der Waals surface area contributed by atoms with Crippen LogP contribution in [0.3, 0.4) is 0 Å². The van der Waals surface area contributed by atoms with E-state index in [0.29, 0.717) is 43.9 Å². The molecule has 35 heavy (non-hydrogen) atoms. The van der Waals surface area contributed by atoms with Crippen molar-refractivity contribution >= 4 is 43.4 Å². The number of anilines is 1. The van der Waals surface area contributed by atoms with Crippen LogP contribution in [0.15, 0.2) is 82.2 Å². The van der Waals surface area contributed by atoms with Gasteiger partial charge in [-0.05, 0) is 48.9 Å². The van der Waals surface area contributed by atoms with Gasteiger partial charge in [0.05, 0.1) is 16.3 Å². The Hall–Kier alpha value is -3.80. The second kappa shape index (κ2) is 9.45. The van der Waals surface area contributed by atoms with E-state index in [1.54, 1.807) is 73.7 Å². The van der Waals surface area contributed by atoms with E-state index in [1.165, 1.54) is 10.7 Å². The van der Waals surface area contributed by atoms with E-state index in [2.05, 4.69) is 26.3 Å². The SMILES string of the molecule is Cc1cc(C(=O)Nc2ccc(-c3ccccc3S(N)(=O)=O)c(Br)c2)n(-c2cccc(C(=N)N)c2)n1. The second-order valence-corrected chi connectivity index (χ2v) is 10.1. The average molecular weight is 553 g/mol. The molecule has 0 aliphatic carbocycles. The molecule has 0 bridgehead atoms. The third-order valence-electron chi connectivity index (χ3n) is 5.18. The molecule has 0 atom stereocenters. The first-order valence-electron chi connectivity index (χ1n) is 10.3. The largest absolute Gasteiger partial charge is 0.384 e. The number of nitrogens with zero attached hydrogens (tertiary/aromatic N) is 2. The number of nitrogens with two attached hydrogens (primary N) is 2. The van der Waals surface area contributed by atoms with Gasteiger partial charge in [-0.1, -0.05) is 52.3 Å². The Morgan fingerprint density at radius 3 is 2.46 bits per heavy atom. The summed E-state index contributed by atoms with van der Waals surface area (Å²) in [7, 11) is -3.92. The lowest BCUT2D eigenvalue weighted by Gasteiger charge is -2.13. The normalized spacial score (nSPS) is 11.3. The molecule has 6 N–H and O–H groups in total. The molecule has 9 nitrogen and oxygen atoms in total. The molecule has 0 aliphatic heterocycles. The quantitative estimate of drug-likeness (QED) is 0.211. The van der Waals surface area contributed by atoms with Gasteiger partial charge >= 0.3 is 0 Å². The molecular weight excluding hydrogens is 532 g/mol. The summed E-state index contributed by atoms with van der Waals surface area (Å²) in [4.78, 5) is 13.1. The molecule has 178 valence electrons. The van der Waals surface area contributed by atoms with Gasteiger partial charge < -0.3 is 11.1 Å². The van der Waals surface area contributed by atoms with Crippen LogP contribution < -0.4 is 16.2 Å². The van der Waals surface area contributed by atoms with Gasteiger partial charge in [-0.3, -0.25) is 10.2 Å². The highest BCUT2D eigenvalue weighted by atomic mass is 79.9. The predicted molar refractivity (Wildman–Crippen MR) is 138 cm³/mol. The van der Waals surface area contributed by atoms with E-state index < -0.39 is 15.9 Å². The monoisotopic (exact) mass is 552 g/mol. The van der Waals surface area contributed by atoms with Crippen molar-refractivity contribution in [1.82, 2.24) is 9.78 Å². The molecule has 0 unspecified atom stereocenters. The molecule has 1 heterocycles. The Balaban J connectivity index is 1.65. The first kappa shape index (κ1) is 24.3. The van der Waals surface area contributed by atoms with Gasteiger partial charge in [0.1, 0.15) is 11.5 Å². The number of amidine groups is 1. The lowest BCUT2D eigenvalue weighted by molar-refractivity contribution is 0.101. The number of aromatic nitrogens is 2. The molecule has 0 aliphatic rings. The Bertz CT molecular complexity index is 1580. The number of aryl methyl sites for hydroxylation is 1. The highest BCUT2D eigenvalue weighted by molar-refractivity contribution is 9.10. The summed E-state index contributed by atoms with van der Waals surface area (Å²) in [6.45, 7) is 1.77. The zero-order valence-electron chi connectivity index (χ0n) is 18.5. The summed E-state index contributed by atoms with van der Waals surface area (Å²) < 4.78 is 26.1. The smallest absolute Gasteiger partial charge is 0.274 e. The van der Waals surface area contributed by atoms with Gasteiger partial charge in [-0.2, -0.15) is 5.10 Å². The minimum absolute atomic E-state index is 0.00431. The number of nitrogens with one attached hydrogen (secondary N) is 2. The van der Waals surface area contributed by atoms with Gasteiger partial charge in [0.15, 0.2) is 0 Å². The third-order valence-corrected chi connectivity index (χ3v) is 6.80. The molecule has 4 rings (SSSR count). The third kappa shape index (κ3) is 5.16. The summed E-state index contributed by atoms with van der Waals surface area (Å²) in [6.07, 6.45) is 0. The van der Waals surface area contributed by atoms with Crippen molar-refractivity contribution in [2.45, 2.75) is 11.8 Å². The molecule has 0 spiro atoms. The molecule has 1 aromatic heterocycles. The molecule has 0 radical (unpaired) electrons. The lowest BCUT2D eigenvalue weighted by Crippen LogP contribution is -2.17. The van der Waals surface area contributed by atoms with Gasteiger partial charge in [0.25, 0.3) is 5.91 Å². The van der Waals surface area contributed by atoms with Crippen molar-refractivity contribution in [1.29, 1.82) is 5.41 Å². The number of carbonyl (C=O) groups excluding carboxylic acids is 1. The van der Waals surface area contributed by atoms with E-state index in [1.807, 2.05) is 0 Å². The van der Waals surface area contributed by atoms with Crippen molar-refractivity contribution in [3.05, 3.63) is 94.2 Å². The van der Waals surface area contributed by atoms with Crippen LogP contribution >= 0.6 is 15.9 Å². The van der Waals surface area contributed by atoms with Crippen LogP contribution in [0.4, 0.5) is 5.69 Å². The maximum atomic E-state index is 13.1. The minimum Gasteiger partial charge on any atom is -0.384 e. The Kier molecular flexibility index (Phi) is 6.57. The fourth-order valence-electron chi connectivity index (χ4n) is 3.61. The van der Waals surface area contributed by atoms with Gasteiger partial charge in [-0.25, -0.2) is 18.2 Å². The zero-order chi connectivity index (χ0) is 25.3. The second-order valence-electron chi connectivity index (χ2n) is 7.74. The highest BCUT2D eigenvalue weighted by Gasteiger charge is 2.19. The molecule has 3 aromatic carbocycles. The van der Waals surface area contributed by atoms with E-state index in [0.717, 1.165) is 0 Å². The first-order valence-corrected chi connectivity index (χ1v) is 12.6. The molecule has 0 saturated carbocycles. The molecule has 4 aromatic rings. The van der Waals surface area contributed by atoms with Crippen LogP contribution in [-0.2, 0) is 10.0 Å². The number of primary sulfonamides is 1. The van der Waals surface area contributed by atoms with E-state index in [9.17, 15) is 13.2 Å². The van der Waals surface area contributed by atoms with Crippen molar-refractivity contribution in [2.75, 3.05) is 5.32 Å². The van der Waals surface area contributed by atoms with Crippen molar-refractivity contribution in [3.63, 3.8) is 0 Å². The van der Waals surface area contributed by atoms with Crippen molar-refractivity contribution in [3.8, 4) is 16.8 Å². The first-order chi connectivity index (χ1) is 16.5. The van der Waals surface area contributed by atoms with E-state index >= 15 is 0 Å². The van der Waals surface area contributed by atoms with Crippen LogP contribution in [0.5, 0.6) is 0 Å². The Morgan fingerprint density at radius 1 is 1.03 bits per heavy atom. The fraction of sp³-hybridized carbons (Fsp3) is 0.0417. The van der Waals surface area contributed by atoms with Gasteiger partial charge in [0, 0.05) is 21.3 Å². The number of nitrogen functional groups attached to an aromatic ring is 1. The number of hydrogen-bond acceptors (Lipinski definition) is 5. The Morgan fingerprint density at radius 2 is 1.77 bits per heavy atom. The molecule has 0 fully saturated rings. The van der Waals surface area contributed by atoms with Crippen molar-refractivity contribution in [2.24, 2.45) is 10.9 Å². The van der Waals surface area contributed by atoms with Gasteiger partial charge in [0.2, 0.25) is 10.0 Å². The number of halogens is 1. The number of sulfonamides is 1. The summed E-state index contributed by atoms with van der Waals surface area (Å²) in [5.41, 5.74) is 9.17. The van der Waals surface area contributed by atoms with Gasteiger partial charge in [-0.15, -0.1) is 0 Å². The topological polar surface area (TPSA) is 157 Å². The minimum atomic E-state index is -3.92. The van der Waals surface area contributed by atoms with Crippen LogP contribution in [-0.4, -0.2) is 29.9 Å². The van der Waals surface area contributed by atoms with Crippen LogP contribution in [0, 0.1) is 12.3 Å².